The van der Waals surface area contributed by atoms with E-state index in [4.69, 9.17) is 4.74 Å². The Morgan fingerprint density at radius 3 is 2.74 bits per heavy atom. The van der Waals surface area contributed by atoms with Crippen molar-refractivity contribution in [3.8, 4) is 17.3 Å². The molecular weight excluding hydrogens is 507 g/mol. The third-order valence-electron chi connectivity index (χ3n) is 5.23. The molecule has 3 aromatic heterocycles. The lowest BCUT2D eigenvalue weighted by Crippen LogP contribution is -2.40. The fourth-order valence-electron chi connectivity index (χ4n) is 3.62. The highest BCUT2D eigenvalue weighted by molar-refractivity contribution is 5.90. The summed E-state index contributed by atoms with van der Waals surface area (Å²) in [6, 6.07) is 8.76. The summed E-state index contributed by atoms with van der Waals surface area (Å²) in [6.45, 7) is 2.96. The number of halogens is 3. The molecule has 0 aliphatic rings. The van der Waals surface area contributed by atoms with E-state index >= 15 is 0 Å². The van der Waals surface area contributed by atoms with Crippen LogP contribution in [0, 0.1) is 11.3 Å². The molecule has 1 amide bonds. The predicted octanol–water partition coefficient (Wildman–Crippen LogP) is 4.70. The van der Waals surface area contributed by atoms with Gasteiger partial charge in [-0.05, 0) is 37.6 Å². The molecule has 0 saturated heterocycles. The number of benzene rings is 1. The number of aromatic amines is 1. The van der Waals surface area contributed by atoms with Gasteiger partial charge in [-0.2, -0.15) is 23.5 Å². The van der Waals surface area contributed by atoms with E-state index in [1.165, 1.54) is 43.1 Å². The van der Waals surface area contributed by atoms with E-state index in [1.807, 2.05) is 6.07 Å². The van der Waals surface area contributed by atoms with Crippen LogP contribution in [-0.4, -0.2) is 49.1 Å². The molecule has 4 rings (SSSR count). The quantitative estimate of drug-likeness (QED) is 0.356. The standard InChI is InChI=1S/C24H20F3N7O4/c1-14(2)37-23(36)34(38-22(35)24(25,26)27)17-5-3-4-15(10-17)19(6-8-28)33-12-16(11-32-33)20-18-7-9-29-21(18)31-13-30-20/h3-5,7,9-14,19H,6H2,1-2H3,(H,29,30,31). The third kappa shape index (κ3) is 5.56. The average Bonchev–Trinajstić information content (AvgIpc) is 3.54. The number of nitrogens with one attached hydrogen (secondary N) is 1. The van der Waals surface area contributed by atoms with Crippen molar-refractivity contribution in [1.29, 1.82) is 5.26 Å². The Bertz CT molecular complexity index is 1510. The van der Waals surface area contributed by atoms with Gasteiger partial charge >= 0.3 is 18.2 Å². The fraction of sp³-hybridized carbons (Fsp3) is 0.250. The minimum Gasteiger partial charge on any atom is -0.444 e. The summed E-state index contributed by atoms with van der Waals surface area (Å²) in [6.07, 6.45) is -1.12. The Balaban J connectivity index is 1.70. The van der Waals surface area contributed by atoms with Crippen molar-refractivity contribution in [2.75, 3.05) is 5.06 Å². The number of rotatable bonds is 6. The number of aromatic nitrogens is 5. The maximum Gasteiger partial charge on any atom is 0.493 e. The lowest BCUT2D eigenvalue weighted by molar-refractivity contribution is -0.200. The van der Waals surface area contributed by atoms with Crippen LogP contribution in [0.4, 0.5) is 23.7 Å². The number of ether oxygens (including phenoxy) is 1. The first-order valence-electron chi connectivity index (χ1n) is 11.2. The number of nitriles is 1. The van der Waals surface area contributed by atoms with Gasteiger partial charge in [-0.3, -0.25) is 4.68 Å². The third-order valence-corrected chi connectivity index (χ3v) is 5.23. The summed E-state index contributed by atoms with van der Waals surface area (Å²) in [7, 11) is 0. The highest BCUT2D eigenvalue weighted by Gasteiger charge is 2.44. The van der Waals surface area contributed by atoms with E-state index in [1.54, 1.807) is 24.7 Å². The van der Waals surface area contributed by atoms with Gasteiger partial charge in [-0.15, -0.1) is 5.06 Å². The molecule has 4 aromatic rings. The van der Waals surface area contributed by atoms with Gasteiger partial charge in [0, 0.05) is 23.3 Å². The number of carbonyl (C=O) groups excluding carboxylic acids is 2. The van der Waals surface area contributed by atoms with Crippen LogP contribution < -0.4 is 5.06 Å². The molecule has 3 heterocycles. The number of hydrogen-bond donors (Lipinski definition) is 1. The summed E-state index contributed by atoms with van der Waals surface area (Å²) in [4.78, 5) is 39.9. The SMILES string of the molecule is CC(C)OC(=O)N(OC(=O)C(F)(F)F)c1cccc(C(CC#N)n2cc(-c3ncnc4[nH]ccc34)cn2)c1. The molecular formula is C24H20F3N7O4. The van der Waals surface area contributed by atoms with E-state index in [-0.39, 0.29) is 17.2 Å². The van der Waals surface area contributed by atoms with Gasteiger partial charge in [0.1, 0.15) is 12.0 Å². The summed E-state index contributed by atoms with van der Waals surface area (Å²) in [5.74, 6) is -2.60. The first-order chi connectivity index (χ1) is 18.1. The van der Waals surface area contributed by atoms with Crippen molar-refractivity contribution in [2.45, 2.75) is 38.6 Å². The van der Waals surface area contributed by atoms with Crippen LogP contribution >= 0.6 is 0 Å². The van der Waals surface area contributed by atoms with Crippen LogP contribution in [0.3, 0.4) is 0 Å². The number of fused-ring (bicyclic) bond motifs is 1. The van der Waals surface area contributed by atoms with Crippen molar-refractivity contribution >= 4 is 28.8 Å². The van der Waals surface area contributed by atoms with Crippen LogP contribution in [0.15, 0.2) is 55.2 Å². The first-order valence-corrected chi connectivity index (χ1v) is 11.2. The van der Waals surface area contributed by atoms with E-state index in [2.05, 4.69) is 31.0 Å². The van der Waals surface area contributed by atoms with Crippen molar-refractivity contribution in [1.82, 2.24) is 24.7 Å². The molecule has 0 spiro atoms. The van der Waals surface area contributed by atoms with Crippen LogP contribution in [0.2, 0.25) is 0 Å². The second kappa shape index (κ2) is 10.6. The molecule has 38 heavy (non-hydrogen) atoms. The Morgan fingerprint density at radius 1 is 1.24 bits per heavy atom. The number of amides is 1. The summed E-state index contributed by atoms with van der Waals surface area (Å²) < 4.78 is 45.1. The topological polar surface area (TPSA) is 139 Å². The molecule has 1 unspecified atom stereocenters. The molecule has 1 aromatic carbocycles. The number of hydrogen-bond acceptors (Lipinski definition) is 8. The molecule has 0 bridgehead atoms. The zero-order chi connectivity index (χ0) is 27.4. The van der Waals surface area contributed by atoms with Crippen molar-refractivity contribution < 1.29 is 32.3 Å². The van der Waals surface area contributed by atoms with Gasteiger partial charge in [0.2, 0.25) is 0 Å². The molecule has 0 saturated carbocycles. The van der Waals surface area contributed by atoms with Crippen LogP contribution in [0.25, 0.3) is 22.3 Å². The number of anilines is 1. The largest absolute Gasteiger partial charge is 0.493 e. The van der Waals surface area contributed by atoms with Crippen molar-refractivity contribution in [3.05, 3.63) is 60.8 Å². The zero-order valence-corrected chi connectivity index (χ0v) is 20.0. The highest BCUT2D eigenvalue weighted by Crippen LogP contribution is 2.30. The van der Waals surface area contributed by atoms with Gasteiger partial charge in [-0.1, -0.05) is 12.1 Å². The fourth-order valence-corrected chi connectivity index (χ4v) is 3.62. The number of hydroxylamine groups is 1. The average molecular weight is 527 g/mol. The molecule has 196 valence electrons. The molecule has 0 aliphatic heterocycles. The minimum atomic E-state index is -5.35. The van der Waals surface area contributed by atoms with Gasteiger partial charge in [0.15, 0.2) is 0 Å². The van der Waals surface area contributed by atoms with Crippen molar-refractivity contribution in [2.24, 2.45) is 0 Å². The zero-order valence-electron chi connectivity index (χ0n) is 20.0. The number of nitrogens with zero attached hydrogens (tertiary/aromatic N) is 6. The molecule has 1 atom stereocenters. The molecule has 0 aliphatic carbocycles. The van der Waals surface area contributed by atoms with Gasteiger partial charge in [0.25, 0.3) is 0 Å². The van der Waals surface area contributed by atoms with E-state index in [9.17, 15) is 28.0 Å². The number of H-pyrrole nitrogens is 1. The van der Waals surface area contributed by atoms with Gasteiger partial charge < -0.3 is 14.6 Å². The number of carbonyl (C=O) groups is 2. The first kappa shape index (κ1) is 26.1. The molecule has 1 N–H and O–H groups in total. The van der Waals surface area contributed by atoms with E-state index in [0.717, 1.165) is 5.39 Å². The summed E-state index contributed by atoms with van der Waals surface area (Å²) in [5, 5.41) is 14.7. The second-order valence-corrected chi connectivity index (χ2v) is 8.25. The smallest absolute Gasteiger partial charge is 0.444 e. The van der Waals surface area contributed by atoms with Crippen molar-refractivity contribution in [3.63, 3.8) is 0 Å². The molecule has 0 fully saturated rings. The minimum absolute atomic E-state index is 0.0767. The molecule has 11 nitrogen and oxygen atoms in total. The van der Waals surface area contributed by atoms with Gasteiger partial charge in [-0.25, -0.2) is 19.6 Å². The highest BCUT2D eigenvalue weighted by atomic mass is 19.4. The summed E-state index contributed by atoms with van der Waals surface area (Å²) in [5.41, 5.74) is 2.06. The number of alkyl halides is 3. The molecule has 14 heteroatoms. The van der Waals surface area contributed by atoms with Crippen LogP contribution in [0.5, 0.6) is 0 Å². The maximum atomic E-state index is 12.9. The van der Waals surface area contributed by atoms with E-state index < -0.39 is 30.4 Å². The van der Waals surface area contributed by atoms with E-state index in [0.29, 0.717) is 22.5 Å². The maximum absolute atomic E-state index is 12.9. The summed E-state index contributed by atoms with van der Waals surface area (Å²) >= 11 is 0. The lowest BCUT2D eigenvalue weighted by atomic mass is 10.0. The monoisotopic (exact) mass is 527 g/mol. The Kier molecular flexibility index (Phi) is 7.28. The lowest BCUT2D eigenvalue weighted by Gasteiger charge is -2.23. The van der Waals surface area contributed by atoms with Crippen LogP contribution in [0.1, 0.15) is 31.9 Å². The van der Waals surface area contributed by atoms with Gasteiger partial charge in [0.05, 0.1) is 42.2 Å². The van der Waals surface area contributed by atoms with Crippen LogP contribution in [-0.2, 0) is 14.4 Å². The second-order valence-electron chi connectivity index (χ2n) is 8.25. The normalized spacial score (nSPS) is 12.2. The Hall–Kier alpha value is -4.93. The Morgan fingerprint density at radius 2 is 2.03 bits per heavy atom. The Labute approximate surface area is 213 Å². The predicted molar refractivity (Wildman–Crippen MR) is 126 cm³/mol. The molecule has 0 radical (unpaired) electrons.